The molecule has 0 rings (SSSR count). The molecule has 0 saturated heterocycles. The van der Waals surface area contributed by atoms with Crippen molar-refractivity contribution in [3.8, 4) is 0 Å². The molecule has 6 heteroatoms. The van der Waals surface area contributed by atoms with Crippen molar-refractivity contribution in [2.75, 3.05) is 25.6 Å². The van der Waals surface area contributed by atoms with Crippen molar-refractivity contribution in [3.63, 3.8) is 0 Å². The zero-order valence-corrected chi connectivity index (χ0v) is 10.4. The van der Waals surface area contributed by atoms with Crippen LogP contribution in [0.25, 0.3) is 0 Å². The molecule has 2 N–H and O–H groups in total. The van der Waals surface area contributed by atoms with Crippen LogP contribution >= 0.6 is 0 Å². The smallest absolute Gasteiger partial charge is 0.222 e. The summed E-state index contributed by atoms with van der Waals surface area (Å²) in [6, 6.07) is -0.00254. The van der Waals surface area contributed by atoms with Crippen molar-refractivity contribution in [2.45, 2.75) is 25.8 Å². The highest BCUT2D eigenvalue weighted by atomic mass is 32.2. The first-order valence-corrected chi connectivity index (χ1v) is 6.95. The zero-order chi connectivity index (χ0) is 12.1. The second kappa shape index (κ2) is 6.07. The van der Waals surface area contributed by atoms with Crippen molar-refractivity contribution in [1.82, 2.24) is 4.90 Å². The van der Waals surface area contributed by atoms with Crippen LogP contribution in [0.3, 0.4) is 0 Å². The molecule has 0 aromatic heterocycles. The van der Waals surface area contributed by atoms with Gasteiger partial charge in [-0.15, -0.1) is 0 Å². The summed E-state index contributed by atoms with van der Waals surface area (Å²) < 4.78 is 21.7. The number of hydrogen-bond acceptors (Lipinski definition) is 4. The maximum Gasteiger partial charge on any atom is 0.222 e. The molecule has 1 amide bonds. The summed E-state index contributed by atoms with van der Waals surface area (Å²) in [5.41, 5.74) is 5.52. The van der Waals surface area contributed by atoms with Gasteiger partial charge in [-0.2, -0.15) is 0 Å². The molecule has 0 radical (unpaired) electrons. The van der Waals surface area contributed by atoms with Gasteiger partial charge in [0.25, 0.3) is 0 Å². The van der Waals surface area contributed by atoms with E-state index in [2.05, 4.69) is 0 Å². The van der Waals surface area contributed by atoms with Gasteiger partial charge < -0.3 is 10.6 Å². The fraction of sp³-hybridized carbons (Fsp3) is 0.889. The van der Waals surface area contributed by atoms with E-state index in [1.165, 1.54) is 4.90 Å². The molecule has 5 nitrogen and oxygen atoms in total. The molecular formula is C9H20N2O3S. The average molecular weight is 236 g/mol. The Hall–Kier alpha value is -0.620. The highest BCUT2D eigenvalue weighted by Crippen LogP contribution is 1.98. The van der Waals surface area contributed by atoms with Crippen molar-refractivity contribution in [1.29, 1.82) is 0 Å². The van der Waals surface area contributed by atoms with Crippen LogP contribution in [0.5, 0.6) is 0 Å². The average Bonchev–Trinajstić information content (AvgIpc) is 2.08. The van der Waals surface area contributed by atoms with E-state index in [1.807, 2.05) is 6.92 Å². The molecule has 0 spiro atoms. The molecule has 1 atom stereocenters. The minimum atomic E-state index is -3.00. The zero-order valence-electron chi connectivity index (χ0n) is 9.56. The van der Waals surface area contributed by atoms with Crippen LogP contribution < -0.4 is 5.73 Å². The van der Waals surface area contributed by atoms with Gasteiger partial charge in [0.2, 0.25) is 5.91 Å². The van der Waals surface area contributed by atoms with E-state index in [1.54, 1.807) is 7.05 Å². The topological polar surface area (TPSA) is 80.5 Å². The van der Waals surface area contributed by atoms with Gasteiger partial charge in [-0.05, 0) is 13.3 Å². The van der Waals surface area contributed by atoms with Crippen LogP contribution in [0.1, 0.15) is 19.8 Å². The molecule has 15 heavy (non-hydrogen) atoms. The van der Waals surface area contributed by atoms with E-state index in [9.17, 15) is 13.2 Å². The maximum atomic E-state index is 11.4. The lowest BCUT2D eigenvalue weighted by Gasteiger charge is -2.17. The van der Waals surface area contributed by atoms with Crippen LogP contribution in [-0.2, 0) is 14.6 Å². The first kappa shape index (κ1) is 14.4. The van der Waals surface area contributed by atoms with E-state index in [0.29, 0.717) is 12.8 Å². The molecule has 0 saturated carbocycles. The predicted molar refractivity (Wildman–Crippen MR) is 60.2 cm³/mol. The number of carbonyl (C=O) groups is 1. The van der Waals surface area contributed by atoms with E-state index in [-0.39, 0.29) is 24.2 Å². The number of amides is 1. The minimum Gasteiger partial charge on any atom is -0.345 e. The highest BCUT2D eigenvalue weighted by Gasteiger charge is 2.11. The molecule has 0 aliphatic heterocycles. The van der Waals surface area contributed by atoms with Gasteiger partial charge in [0.1, 0.15) is 9.84 Å². The van der Waals surface area contributed by atoms with Crippen LogP contribution in [0.15, 0.2) is 0 Å². The minimum absolute atomic E-state index is 0.00254. The van der Waals surface area contributed by atoms with E-state index in [0.717, 1.165) is 6.26 Å². The van der Waals surface area contributed by atoms with Gasteiger partial charge in [-0.3, -0.25) is 4.79 Å². The lowest BCUT2D eigenvalue weighted by molar-refractivity contribution is -0.129. The lowest BCUT2D eigenvalue weighted by Crippen LogP contribution is -2.32. The van der Waals surface area contributed by atoms with Gasteiger partial charge >= 0.3 is 0 Å². The Morgan fingerprint density at radius 2 is 2.00 bits per heavy atom. The quantitative estimate of drug-likeness (QED) is 0.681. The molecule has 0 aliphatic carbocycles. The molecule has 1 unspecified atom stereocenters. The number of sulfone groups is 1. The van der Waals surface area contributed by atoms with Crippen molar-refractivity contribution in [2.24, 2.45) is 5.73 Å². The highest BCUT2D eigenvalue weighted by molar-refractivity contribution is 7.90. The number of rotatable bonds is 6. The fourth-order valence-corrected chi connectivity index (χ4v) is 1.57. The Kier molecular flexibility index (Phi) is 5.82. The summed E-state index contributed by atoms with van der Waals surface area (Å²) in [6.45, 7) is 2.08. The van der Waals surface area contributed by atoms with Gasteiger partial charge in [-0.25, -0.2) is 8.42 Å². The van der Waals surface area contributed by atoms with E-state index in [4.69, 9.17) is 5.73 Å². The first-order valence-electron chi connectivity index (χ1n) is 4.89. The molecule has 0 aliphatic rings. The maximum absolute atomic E-state index is 11.4. The number of carbonyl (C=O) groups excluding carboxylic acids is 1. The van der Waals surface area contributed by atoms with Crippen LogP contribution in [-0.4, -0.2) is 50.9 Å². The summed E-state index contributed by atoms with van der Waals surface area (Å²) >= 11 is 0. The Labute approximate surface area is 91.5 Å². The second-order valence-corrected chi connectivity index (χ2v) is 6.22. The summed E-state index contributed by atoms with van der Waals surface area (Å²) in [7, 11) is -1.40. The van der Waals surface area contributed by atoms with Crippen LogP contribution in [0.4, 0.5) is 0 Å². The second-order valence-electron chi connectivity index (χ2n) is 3.96. The van der Waals surface area contributed by atoms with Crippen molar-refractivity contribution in [3.05, 3.63) is 0 Å². The molecule has 0 aromatic carbocycles. The number of hydrogen-bond donors (Lipinski definition) is 1. The molecule has 0 heterocycles. The Morgan fingerprint density at radius 1 is 1.47 bits per heavy atom. The molecule has 0 bridgehead atoms. The number of nitrogens with zero attached hydrogens (tertiary/aromatic N) is 1. The van der Waals surface area contributed by atoms with Crippen LogP contribution in [0.2, 0.25) is 0 Å². The van der Waals surface area contributed by atoms with Crippen LogP contribution in [0, 0.1) is 0 Å². The summed E-state index contributed by atoms with van der Waals surface area (Å²) in [5.74, 6) is -0.0519. The molecule has 90 valence electrons. The predicted octanol–water partition coefficient (Wildman–Crippen LogP) is -0.383. The molecule has 0 aromatic rings. The Balaban J connectivity index is 3.90. The number of nitrogens with two attached hydrogens (primary N) is 1. The van der Waals surface area contributed by atoms with E-state index < -0.39 is 9.84 Å². The summed E-state index contributed by atoms with van der Waals surface area (Å²) in [4.78, 5) is 12.9. The monoisotopic (exact) mass is 236 g/mol. The summed E-state index contributed by atoms with van der Waals surface area (Å²) in [6.07, 6.45) is 2.16. The summed E-state index contributed by atoms with van der Waals surface area (Å²) in [5, 5.41) is 0. The SMILES string of the molecule is CC(N)CCC(=O)N(C)CCS(C)(=O)=O. The van der Waals surface area contributed by atoms with Gasteiger partial charge in [0.05, 0.1) is 5.75 Å². The third kappa shape index (κ3) is 8.38. The van der Waals surface area contributed by atoms with Gasteiger partial charge in [0.15, 0.2) is 0 Å². The van der Waals surface area contributed by atoms with Crippen molar-refractivity contribution >= 4 is 15.7 Å². The third-order valence-electron chi connectivity index (χ3n) is 2.04. The Bertz CT molecular complexity index is 298. The fourth-order valence-electron chi connectivity index (χ4n) is 0.969. The van der Waals surface area contributed by atoms with Gasteiger partial charge in [0, 0.05) is 32.3 Å². The third-order valence-corrected chi connectivity index (χ3v) is 2.96. The first-order chi connectivity index (χ1) is 6.72. The van der Waals surface area contributed by atoms with Crippen molar-refractivity contribution < 1.29 is 13.2 Å². The lowest BCUT2D eigenvalue weighted by atomic mass is 10.2. The van der Waals surface area contributed by atoms with Gasteiger partial charge in [-0.1, -0.05) is 0 Å². The van der Waals surface area contributed by atoms with E-state index >= 15 is 0 Å². The largest absolute Gasteiger partial charge is 0.345 e. The molecular weight excluding hydrogens is 216 g/mol. The Morgan fingerprint density at radius 3 is 2.40 bits per heavy atom. The standard InChI is InChI=1S/C9H20N2O3S/c1-8(10)4-5-9(12)11(2)6-7-15(3,13)14/h8H,4-7,10H2,1-3H3. The normalized spacial score (nSPS) is 13.6. The molecule has 0 fully saturated rings.